The molecule has 3 aromatic heterocycles. The second-order valence-corrected chi connectivity index (χ2v) is 6.91. The molecule has 0 aliphatic heterocycles. The lowest BCUT2D eigenvalue weighted by Gasteiger charge is -2.02. The number of thiazole rings is 1. The van der Waals surface area contributed by atoms with Gasteiger partial charge >= 0.3 is 0 Å². The van der Waals surface area contributed by atoms with Crippen molar-refractivity contribution >= 4 is 28.1 Å². The molecule has 4 rings (SSSR count). The zero-order chi connectivity index (χ0) is 17.9. The Morgan fingerprint density at radius 1 is 1.12 bits per heavy atom. The third-order valence-electron chi connectivity index (χ3n) is 3.64. The molecule has 0 unspecified atom stereocenters. The molecular formula is C17H13ClN6OS. The lowest BCUT2D eigenvalue weighted by molar-refractivity contribution is 0.585. The summed E-state index contributed by atoms with van der Waals surface area (Å²) in [5, 5.41) is 12.8. The van der Waals surface area contributed by atoms with Crippen LogP contribution in [0.5, 0.6) is 0 Å². The molecule has 130 valence electrons. The lowest BCUT2D eigenvalue weighted by Crippen LogP contribution is -1.99. The summed E-state index contributed by atoms with van der Waals surface area (Å²) in [7, 11) is 0. The van der Waals surface area contributed by atoms with Crippen LogP contribution in [-0.2, 0) is 6.54 Å². The van der Waals surface area contributed by atoms with Crippen LogP contribution in [0.3, 0.4) is 0 Å². The molecule has 3 heterocycles. The van der Waals surface area contributed by atoms with Crippen molar-refractivity contribution < 1.29 is 4.42 Å². The standard InChI is InChI=1S/C17H13ClN6OS/c1-10-3-2-4-12(18)14(10)16-24-23-15(25-16)13-8-22-17(26-13)21-7-11-5-19-9-20-6-11/h2-6,8-9H,7H2,1H3,(H,21,22). The Morgan fingerprint density at radius 2 is 1.92 bits per heavy atom. The fourth-order valence-corrected chi connectivity index (χ4v) is 3.42. The number of hydrogen-bond donors (Lipinski definition) is 1. The number of aromatic nitrogens is 5. The molecule has 1 aromatic carbocycles. The Balaban J connectivity index is 1.53. The largest absolute Gasteiger partial charge is 0.415 e. The Hall–Kier alpha value is -2.84. The van der Waals surface area contributed by atoms with Gasteiger partial charge in [0.05, 0.1) is 16.8 Å². The molecule has 0 fully saturated rings. The van der Waals surface area contributed by atoms with Gasteiger partial charge in [0.1, 0.15) is 11.2 Å². The maximum absolute atomic E-state index is 6.27. The van der Waals surface area contributed by atoms with E-state index in [4.69, 9.17) is 16.0 Å². The molecule has 0 saturated heterocycles. The molecule has 0 atom stereocenters. The first-order valence-electron chi connectivity index (χ1n) is 7.73. The summed E-state index contributed by atoms with van der Waals surface area (Å²) < 4.78 is 5.81. The third-order valence-corrected chi connectivity index (χ3v) is 4.89. The summed E-state index contributed by atoms with van der Waals surface area (Å²) in [4.78, 5) is 13.1. The molecule has 0 aliphatic rings. The van der Waals surface area contributed by atoms with Crippen LogP contribution in [0.2, 0.25) is 5.02 Å². The van der Waals surface area contributed by atoms with Crippen LogP contribution < -0.4 is 5.32 Å². The van der Waals surface area contributed by atoms with Gasteiger partial charge in [-0.2, -0.15) is 0 Å². The Bertz CT molecular complexity index is 1010. The average Bonchev–Trinajstić information content (AvgIpc) is 3.30. The van der Waals surface area contributed by atoms with Gasteiger partial charge in [-0.1, -0.05) is 35.1 Å². The maximum atomic E-state index is 6.27. The average molecular weight is 385 g/mol. The van der Waals surface area contributed by atoms with E-state index in [1.165, 1.54) is 17.7 Å². The SMILES string of the molecule is Cc1cccc(Cl)c1-c1nnc(-c2cnc(NCc3cncnc3)s2)o1. The van der Waals surface area contributed by atoms with Gasteiger partial charge in [-0.05, 0) is 18.6 Å². The van der Waals surface area contributed by atoms with Crippen LogP contribution >= 0.6 is 22.9 Å². The Morgan fingerprint density at radius 3 is 2.73 bits per heavy atom. The second-order valence-electron chi connectivity index (χ2n) is 5.47. The highest BCUT2D eigenvalue weighted by atomic mass is 35.5. The third kappa shape index (κ3) is 3.42. The fraction of sp³-hybridized carbons (Fsp3) is 0.118. The van der Waals surface area contributed by atoms with Gasteiger partial charge in [-0.25, -0.2) is 15.0 Å². The molecule has 9 heteroatoms. The van der Waals surface area contributed by atoms with Gasteiger partial charge in [0, 0.05) is 24.5 Å². The van der Waals surface area contributed by atoms with E-state index in [2.05, 4.69) is 30.5 Å². The molecule has 0 aliphatic carbocycles. The van der Waals surface area contributed by atoms with Gasteiger partial charge < -0.3 is 9.73 Å². The smallest absolute Gasteiger partial charge is 0.259 e. The van der Waals surface area contributed by atoms with E-state index in [1.54, 1.807) is 24.7 Å². The van der Waals surface area contributed by atoms with Crippen LogP contribution in [0.4, 0.5) is 5.13 Å². The quantitative estimate of drug-likeness (QED) is 0.550. The molecule has 0 bridgehead atoms. The number of hydrogen-bond acceptors (Lipinski definition) is 8. The molecule has 7 nitrogen and oxygen atoms in total. The fourth-order valence-electron chi connectivity index (χ4n) is 2.38. The van der Waals surface area contributed by atoms with Crippen LogP contribution in [0, 0.1) is 6.92 Å². The van der Waals surface area contributed by atoms with Crippen LogP contribution in [0.1, 0.15) is 11.1 Å². The maximum Gasteiger partial charge on any atom is 0.259 e. The number of nitrogens with one attached hydrogen (secondary N) is 1. The van der Waals surface area contributed by atoms with E-state index >= 15 is 0 Å². The Labute approximate surface area is 158 Å². The van der Waals surface area contributed by atoms with Crippen LogP contribution in [0.25, 0.3) is 22.2 Å². The van der Waals surface area contributed by atoms with Gasteiger partial charge in [0.15, 0.2) is 5.13 Å². The monoisotopic (exact) mass is 384 g/mol. The first-order valence-corrected chi connectivity index (χ1v) is 8.93. The predicted molar refractivity (Wildman–Crippen MR) is 99.9 cm³/mol. The summed E-state index contributed by atoms with van der Waals surface area (Å²) in [5.74, 6) is 0.806. The molecule has 0 amide bonds. The minimum atomic E-state index is 0.396. The summed E-state index contributed by atoms with van der Waals surface area (Å²) in [5.41, 5.74) is 2.70. The number of halogens is 1. The van der Waals surface area contributed by atoms with Crippen molar-refractivity contribution in [2.75, 3.05) is 5.32 Å². The van der Waals surface area contributed by atoms with Crippen molar-refractivity contribution in [1.29, 1.82) is 0 Å². The van der Waals surface area contributed by atoms with Crippen molar-refractivity contribution in [3.05, 3.63) is 59.3 Å². The number of rotatable bonds is 5. The highest BCUT2D eigenvalue weighted by Crippen LogP contribution is 2.34. The van der Waals surface area contributed by atoms with Gasteiger partial charge in [0.25, 0.3) is 5.89 Å². The number of aryl methyl sites for hydroxylation is 1. The molecule has 0 radical (unpaired) electrons. The van der Waals surface area contributed by atoms with Crippen molar-refractivity contribution in [3.63, 3.8) is 0 Å². The first-order chi connectivity index (χ1) is 12.7. The first kappa shape index (κ1) is 16.6. The van der Waals surface area contributed by atoms with Gasteiger partial charge in [0.2, 0.25) is 5.89 Å². The predicted octanol–water partition coefficient (Wildman–Crippen LogP) is 4.22. The van der Waals surface area contributed by atoms with Crippen molar-refractivity contribution in [2.24, 2.45) is 0 Å². The molecule has 1 N–H and O–H groups in total. The minimum Gasteiger partial charge on any atom is -0.415 e. The molecule has 4 aromatic rings. The molecule has 0 saturated carbocycles. The van der Waals surface area contributed by atoms with Gasteiger partial charge in [-0.3, -0.25) is 0 Å². The summed E-state index contributed by atoms with van der Waals surface area (Å²) >= 11 is 7.70. The second kappa shape index (κ2) is 7.19. The van der Waals surface area contributed by atoms with Crippen LogP contribution in [0.15, 0.2) is 47.5 Å². The van der Waals surface area contributed by atoms with E-state index in [-0.39, 0.29) is 0 Å². The normalized spacial score (nSPS) is 10.8. The zero-order valence-electron chi connectivity index (χ0n) is 13.7. The molecule has 26 heavy (non-hydrogen) atoms. The zero-order valence-corrected chi connectivity index (χ0v) is 15.3. The van der Waals surface area contributed by atoms with Crippen LogP contribution in [-0.4, -0.2) is 25.1 Å². The van der Waals surface area contributed by atoms with Gasteiger partial charge in [-0.15, -0.1) is 10.2 Å². The Kier molecular flexibility index (Phi) is 4.59. The topological polar surface area (TPSA) is 89.6 Å². The van der Waals surface area contributed by atoms with Crippen molar-refractivity contribution in [1.82, 2.24) is 25.1 Å². The minimum absolute atomic E-state index is 0.396. The van der Waals surface area contributed by atoms with E-state index < -0.39 is 0 Å². The van der Waals surface area contributed by atoms with E-state index in [9.17, 15) is 0 Å². The molecular weight excluding hydrogens is 372 g/mol. The van der Waals surface area contributed by atoms with Crippen molar-refractivity contribution in [3.8, 4) is 22.2 Å². The summed E-state index contributed by atoms with van der Waals surface area (Å²) in [6.07, 6.45) is 6.71. The van der Waals surface area contributed by atoms with E-state index in [0.29, 0.717) is 23.3 Å². The van der Waals surface area contributed by atoms with E-state index in [0.717, 1.165) is 26.7 Å². The number of benzene rings is 1. The summed E-state index contributed by atoms with van der Waals surface area (Å²) in [6, 6.07) is 5.64. The lowest BCUT2D eigenvalue weighted by atomic mass is 10.1. The number of nitrogens with zero attached hydrogens (tertiary/aromatic N) is 5. The molecule has 0 spiro atoms. The highest BCUT2D eigenvalue weighted by Gasteiger charge is 2.17. The highest BCUT2D eigenvalue weighted by molar-refractivity contribution is 7.18. The number of anilines is 1. The van der Waals surface area contributed by atoms with E-state index in [1.807, 2.05) is 19.1 Å². The summed E-state index contributed by atoms with van der Waals surface area (Å²) in [6.45, 7) is 2.54. The van der Waals surface area contributed by atoms with Crippen molar-refractivity contribution in [2.45, 2.75) is 13.5 Å².